The molecule has 1 fully saturated rings. The highest BCUT2D eigenvalue weighted by Gasteiger charge is 2.51. The molecule has 20 heavy (non-hydrogen) atoms. The topological polar surface area (TPSA) is 0 Å². The van der Waals surface area contributed by atoms with E-state index in [1.807, 2.05) is 0 Å². The monoisotopic (exact) mass is 280 g/mol. The van der Waals surface area contributed by atoms with Crippen molar-refractivity contribution in [3.63, 3.8) is 0 Å². The Morgan fingerprint density at radius 3 is 1.95 bits per heavy atom. The van der Waals surface area contributed by atoms with E-state index in [0.29, 0.717) is 5.41 Å². The molecule has 3 atom stereocenters. The third kappa shape index (κ3) is 6.64. The van der Waals surface area contributed by atoms with E-state index in [0.717, 1.165) is 17.8 Å². The van der Waals surface area contributed by atoms with Crippen molar-refractivity contribution >= 4 is 0 Å². The number of hydrogen-bond donors (Lipinski definition) is 0. The van der Waals surface area contributed by atoms with E-state index in [2.05, 4.69) is 34.6 Å². The van der Waals surface area contributed by atoms with Gasteiger partial charge in [0.15, 0.2) is 0 Å². The molecule has 1 aliphatic carbocycles. The van der Waals surface area contributed by atoms with Crippen molar-refractivity contribution in [1.29, 1.82) is 0 Å². The summed E-state index contributed by atoms with van der Waals surface area (Å²) in [6.07, 6.45) is 16.1. The molecule has 0 heterocycles. The standard InChI is InChI=1S/C20H40/c1-6-7-8-9-10-11-12-13-14-18(4)15-20(5)16-19(20)17(2)3/h17-19H,6-16H2,1-5H3. The van der Waals surface area contributed by atoms with Crippen LogP contribution in [0.1, 0.15) is 105 Å². The summed E-state index contributed by atoms with van der Waals surface area (Å²) < 4.78 is 0. The quantitative estimate of drug-likeness (QED) is 0.331. The second-order valence-electron chi connectivity index (χ2n) is 8.28. The van der Waals surface area contributed by atoms with E-state index in [-0.39, 0.29) is 0 Å². The van der Waals surface area contributed by atoms with Crippen LogP contribution in [-0.4, -0.2) is 0 Å². The Morgan fingerprint density at radius 2 is 1.45 bits per heavy atom. The molecule has 3 unspecified atom stereocenters. The van der Waals surface area contributed by atoms with Crippen molar-refractivity contribution < 1.29 is 0 Å². The van der Waals surface area contributed by atoms with Gasteiger partial charge in [-0.05, 0) is 36.0 Å². The number of hydrogen-bond acceptors (Lipinski definition) is 0. The van der Waals surface area contributed by atoms with Gasteiger partial charge in [0.1, 0.15) is 0 Å². The highest BCUT2D eigenvalue weighted by molar-refractivity contribution is 5.00. The van der Waals surface area contributed by atoms with Gasteiger partial charge in [-0.15, -0.1) is 0 Å². The first-order valence-electron chi connectivity index (χ1n) is 9.49. The van der Waals surface area contributed by atoms with Crippen molar-refractivity contribution in [2.24, 2.45) is 23.2 Å². The molecule has 1 saturated carbocycles. The molecule has 0 spiro atoms. The molecule has 0 nitrogen and oxygen atoms in total. The van der Waals surface area contributed by atoms with Crippen LogP contribution < -0.4 is 0 Å². The molecule has 1 aliphatic rings. The van der Waals surface area contributed by atoms with Gasteiger partial charge in [-0.25, -0.2) is 0 Å². The Kier molecular flexibility index (Phi) is 8.22. The minimum absolute atomic E-state index is 0.702. The third-order valence-corrected chi connectivity index (χ3v) is 5.59. The molecular formula is C20H40. The molecule has 0 aromatic heterocycles. The molecule has 0 saturated heterocycles. The number of rotatable bonds is 12. The molecule has 0 heteroatoms. The van der Waals surface area contributed by atoms with Crippen LogP contribution in [-0.2, 0) is 0 Å². The Hall–Kier alpha value is 0. The molecule has 0 N–H and O–H groups in total. The summed E-state index contributed by atoms with van der Waals surface area (Å²) in [7, 11) is 0. The lowest BCUT2D eigenvalue weighted by atomic mass is 9.87. The molecule has 0 amide bonds. The maximum atomic E-state index is 2.53. The highest BCUT2D eigenvalue weighted by Crippen LogP contribution is 2.59. The van der Waals surface area contributed by atoms with E-state index in [4.69, 9.17) is 0 Å². The normalized spacial score (nSPS) is 27.0. The zero-order valence-corrected chi connectivity index (χ0v) is 15.0. The maximum absolute atomic E-state index is 2.53. The average Bonchev–Trinajstić information content (AvgIpc) is 3.04. The van der Waals surface area contributed by atoms with Crippen molar-refractivity contribution in [2.45, 2.75) is 105 Å². The van der Waals surface area contributed by atoms with Crippen molar-refractivity contribution in [1.82, 2.24) is 0 Å². The molecule has 0 aromatic rings. The molecule has 0 radical (unpaired) electrons. The van der Waals surface area contributed by atoms with Crippen LogP contribution in [0.5, 0.6) is 0 Å². The Balaban J connectivity index is 1.95. The highest BCUT2D eigenvalue weighted by atomic mass is 14.6. The van der Waals surface area contributed by atoms with Gasteiger partial charge in [-0.2, -0.15) is 0 Å². The lowest BCUT2D eigenvalue weighted by molar-refractivity contribution is 0.320. The summed E-state index contributed by atoms with van der Waals surface area (Å²) in [6.45, 7) is 12.1. The summed E-state index contributed by atoms with van der Waals surface area (Å²) in [4.78, 5) is 0. The van der Waals surface area contributed by atoms with E-state index >= 15 is 0 Å². The Bertz CT molecular complexity index is 242. The van der Waals surface area contributed by atoms with Crippen molar-refractivity contribution in [3.05, 3.63) is 0 Å². The first-order chi connectivity index (χ1) is 9.49. The van der Waals surface area contributed by atoms with Crippen LogP contribution >= 0.6 is 0 Å². The first kappa shape index (κ1) is 18.1. The minimum Gasteiger partial charge on any atom is -0.0654 e. The van der Waals surface area contributed by atoms with Gasteiger partial charge in [0.05, 0.1) is 0 Å². The SMILES string of the molecule is CCCCCCCCCCC(C)CC1(C)CC1C(C)C. The first-order valence-corrected chi connectivity index (χ1v) is 9.49. The smallest absolute Gasteiger partial charge is 0.0289 e. The lowest BCUT2D eigenvalue weighted by Gasteiger charge is -2.19. The van der Waals surface area contributed by atoms with Gasteiger partial charge < -0.3 is 0 Å². The summed E-state index contributed by atoms with van der Waals surface area (Å²) in [5.41, 5.74) is 0.702. The molecule has 1 rings (SSSR count). The minimum atomic E-state index is 0.702. The summed E-state index contributed by atoms with van der Waals surface area (Å²) in [5, 5.41) is 0. The molecule has 0 bridgehead atoms. The Labute approximate surface area is 129 Å². The maximum Gasteiger partial charge on any atom is -0.0289 e. The fourth-order valence-electron chi connectivity index (χ4n) is 4.24. The van der Waals surface area contributed by atoms with Crippen LogP contribution in [0.15, 0.2) is 0 Å². The second-order valence-corrected chi connectivity index (χ2v) is 8.28. The van der Waals surface area contributed by atoms with Crippen LogP contribution in [0.25, 0.3) is 0 Å². The zero-order chi connectivity index (χ0) is 15.0. The average molecular weight is 281 g/mol. The van der Waals surface area contributed by atoms with Crippen LogP contribution in [0, 0.1) is 23.2 Å². The van der Waals surface area contributed by atoms with Gasteiger partial charge >= 0.3 is 0 Å². The summed E-state index contributed by atoms with van der Waals surface area (Å²) in [6, 6.07) is 0. The van der Waals surface area contributed by atoms with E-state index in [1.54, 1.807) is 0 Å². The van der Waals surface area contributed by atoms with Gasteiger partial charge in [-0.1, -0.05) is 92.4 Å². The predicted octanol–water partition coefficient (Wildman–Crippen LogP) is 7.23. The van der Waals surface area contributed by atoms with Crippen LogP contribution in [0.3, 0.4) is 0 Å². The fraction of sp³-hybridized carbons (Fsp3) is 1.00. The van der Waals surface area contributed by atoms with Gasteiger partial charge in [0, 0.05) is 0 Å². The van der Waals surface area contributed by atoms with Crippen LogP contribution in [0.4, 0.5) is 0 Å². The van der Waals surface area contributed by atoms with E-state index in [9.17, 15) is 0 Å². The van der Waals surface area contributed by atoms with Crippen molar-refractivity contribution in [3.8, 4) is 0 Å². The number of unbranched alkanes of at least 4 members (excludes halogenated alkanes) is 7. The molecular weight excluding hydrogens is 240 g/mol. The summed E-state index contributed by atoms with van der Waals surface area (Å²) in [5.74, 6) is 2.86. The Morgan fingerprint density at radius 1 is 0.900 bits per heavy atom. The van der Waals surface area contributed by atoms with E-state index < -0.39 is 0 Å². The third-order valence-electron chi connectivity index (χ3n) is 5.59. The lowest BCUT2D eigenvalue weighted by Crippen LogP contribution is -2.08. The zero-order valence-electron chi connectivity index (χ0n) is 15.0. The second kappa shape index (κ2) is 9.11. The van der Waals surface area contributed by atoms with Gasteiger partial charge in [-0.3, -0.25) is 0 Å². The predicted molar refractivity (Wildman–Crippen MR) is 92.1 cm³/mol. The van der Waals surface area contributed by atoms with Gasteiger partial charge in [0.2, 0.25) is 0 Å². The molecule has 120 valence electrons. The molecule has 0 aliphatic heterocycles. The van der Waals surface area contributed by atoms with E-state index in [1.165, 1.54) is 70.6 Å². The molecule has 0 aromatic carbocycles. The fourth-order valence-corrected chi connectivity index (χ4v) is 4.24. The van der Waals surface area contributed by atoms with Gasteiger partial charge in [0.25, 0.3) is 0 Å². The van der Waals surface area contributed by atoms with Crippen LogP contribution in [0.2, 0.25) is 0 Å². The largest absolute Gasteiger partial charge is 0.0654 e. The summed E-state index contributed by atoms with van der Waals surface area (Å²) >= 11 is 0. The van der Waals surface area contributed by atoms with Crippen molar-refractivity contribution in [2.75, 3.05) is 0 Å².